The molecule has 0 spiro atoms. The molecule has 0 aliphatic carbocycles. The van der Waals surface area contributed by atoms with Gasteiger partial charge in [0.25, 0.3) is 11.1 Å². The van der Waals surface area contributed by atoms with Gasteiger partial charge >= 0.3 is 58.3 Å². The summed E-state index contributed by atoms with van der Waals surface area (Å²) in [5.74, 6) is 0. The molecular formula is C48H92N4O34P6. The number of aryl methyl sites for hydroxylation is 1. The second kappa shape index (κ2) is 44.6. The van der Waals surface area contributed by atoms with Gasteiger partial charge in [0, 0.05) is 50.8 Å². The van der Waals surface area contributed by atoms with Gasteiger partial charge < -0.3 is 58.5 Å². The highest BCUT2D eigenvalue weighted by molar-refractivity contribution is 7.48. The third kappa shape index (κ3) is 35.3. The first-order chi connectivity index (χ1) is 43.3. The summed E-state index contributed by atoms with van der Waals surface area (Å²) in [5.41, 5.74) is -2.61. The van der Waals surface area contributed by atoms with Crippen LogP contribution in [0, 0.1) is 6.92 Å². The third-order valence-corrected chi connectivity index (χ3v) is 18.3. The lowest BCUT2D eigenvalue weighted by atomic mass is 10.1. The van der Waals surface area contributed by atoms with Gasteiger partial charge in [0.2, 0.25) is 0 Å². The van der Waals surface area contributed by atoms with Crippen molar-refractivity contribution in [3.05, 3.63) is 65.7 Å². The molecule has 0 amide bonds. The first kappa shape index (κ1) is 85.9. The Morgan fingerprint density at radius 3 is 1.36 bits per heavy atom. The third-order valence-electron chi connectivity index (χ3n) is 12.2. The highest BCUT2D eigenvalue weighted by Gasteiger charge is 2.51. The van der Waals surface area contributed by atoms with Crippen LogP contribution < -0.4 is 22.5 Å². The maximum atomic E-state index is 12.5. The van der Waals surface area contributed by atoms with E-state index in [1.54, 1.807) is 0 Å². The van der Waals surface area contributed by atoms with Crippen molar-refractivity contribution in [1.82, 2.24) is 19.1 Å². The number of hydrogen-bond donors (Lipinski definition) is 10. The Morgan fingerprint density at radius 1 is 0.500 bits per heavy atom. The van der Waals surface area contributed by atoms with Crippen LogP contribution in [0.1, 0.15) is 129 Å². The van der Waals surface area contributed by atoms with Gasteiger partial charge in [-0.2, -0.15) is 0 Å². The predicted molar refractivity (Wildman–Crippen MR) is 322 cm³/mol. The van der Waals surface area contributed by atoms with Crippen LogP contribution in [0.5, 0.6) is 0 Å². The molecule has 38 nitrogen and oxygen atoms in total. The molecule has 44 heteroatoms. The molecule has 2 aromatic heterocycles. The number of rotatable bonds is 47. The lowest BCUT2D eigenvalue weighted by molar-refractivity contribution is -0.0626. The number of H-pyrrole nitrogens is 2. The van der Waals surface area contributed by atoms with Crippen molar-refractivity contribution in [1.29, 1.82) is 0 Å². The van der Waals surface area contributed by atoms with E-state index in [0.717, 1.165) is 47.1 Å². The quantitative estimate of drug-likeness (QED) is 0.0312. The first-order valence-electron chi connectivity index (χ1n) is 29.4. The molecule has 8 unspecified atom stereocenters. The molecule has 2 aliphatic rings. The second-order valence-electron chi connectivity index (χ2n) is 19.8. The lowest BCUT2D eigenvalue weighted by Gasteiger charge is -2.25. The zero-order valence-electron chi connectivity index (χ0n) is 52.1. The maximum Gasteiger partial charge on any atom is 0.472 e. The molecule has 0 aromatic carbocycles. The molecule has 10 N–H and O–H groups in total. The van der Waals surface area contributed by atoms with Gasteiger partial charge in [0.15, 0.2) is 6.23 Å². The molecule has 2 fully saturated rings. The number of aromatic amines is 2. The number of hydrogen-bond acceptors (Lipinski definition) is 28. The summed E-state index contributed by atoms with van der Waals surface area (Å²) in [5, 5.41) is 17.6. The van der Waals surface area contributed by atoms with E-state index in [9.17, 15) is 75.9 Å². The van der Waals surface area contributed by atoms with Gasteiger partial charge in [0.1, 0.15) is 36.7 Å². The predicted octanol–water partition coefficient (Wildman–Crippen LogP) is 4.87. The van der Waals surface area contributed by atoms with Gasteiger partial charge in [-0.05, 0) is 58.3 Å². The molecule has 0 bridgehead atoms. The Morgan fingerprint density at radius 2 is 0.913 bits per heavy atom. The highest BCUT2D eigenvalue weighted by atomic mass is 31.2. The number of nitrogens with one attached hydrogen (secondary N) is 2. The fourth-order valence-corrected chi connectivity index (χ4v) is 12.5. The number of aliphatic hydroxyl groups is 2. The Hall–Kier alpha value is -2.22. The lowest BCUT2D eigenvalue weighted by Crippen LogP contribution is -2.40. The summed E-state index contributed by atoms with van der Waals surface area (Å²) in [6.07, 6.45) is 0.624. The molecule has 538 valence electrons. The van der Waals surface area contributed by atoms with Gasteiger partial charge in [-0.25, -0.2) is 37.0 Å². The van der Waals surface area contributed by atoms with Crippen molar-refractivity contribution in [3.8, 4) is 0 Å². The average Bonchev–Trinajstić information content (AvgIpc) is 1.69. The molecule has 2 aliphatic heterocycles. The van der Waals surface area contributed by atoms with E-state index in [1.807, 2.05) is 32.7 Å². The van der Waals surface area contributed by atoms with Crippen LogP contribution in [0.4, 0.5) is 0 Å². The summed E-state index contributed by atoms with van der Waals surface area (Å²) >= 11 is 0. The highest BCUT2D eigenvalue weighted by Crippen LogP contribution is 2.52. The fraction of sp³-hybridized carbons (Fsp3) is 0.833. The summed E-state index contributed by atoms with van der Waals surface area (Å²) in [6.45, 7) is 7.38. The van der Waals surface area contributed by atoms with E-state index in [4.69, 9.17) is 74.4 Å². The molecule has 92 heavy (non-hydrogen) atoms. The zero-order chi connectivity index (χ0) is 69.0. The number of unbranched alkanes of at least 4 members (excludes halogenated alkanes) is 6. The molecule has 0 radical (unpaired) electrons. The van der Waals surface area contributed by atoms with Crippen LogP contribution in [0.25, 0.3) is 0 Å². The Balaban J connectivity index is 0.000000482. The fourth-order valence-electron chi connectivity index (χ4n) is 7.48. The van der Waals surface area contributed by atoms with Gasteiger partial charge in [-0.3, -0.25) is 83.0 Å². The minimum Gasteiger partial charge on any atom is -0.396 e. The van der Waals surface area contributed by atoms with Crippen molar-refractivity contribution in [2.24, 2.45) is 0 Å². The van der Waals surface area contributed by atoms with Crippen molar-refractivity contribution >= 4 is 46.9 Å². The van der Waals surface area contributed by atoms with Crippen LogP contribution in [0.2, 0.25) is 0 Å². The number of methoxy groups -OCH3 is 1. The van der Waals surface area contributed by atoms with E-state index in [1.165, 1.54) is 20.2 Å². The van der Waals surface area contributed by atoms with Crippen LogP contribution >= 0.6 is 46.9 Å². The number of phosphoric ester groups is 6. The number of ether oxygens (including phenoxy) is 4. The van der Waals surface area contributed by atoms with Crippen molar-refractivity contribution in [2.75, 3.05) is 99.6 Å². The minimum atomic E-state index is -4.73. The Kier molecular flexibility index (Phi) is 41.7. The molecular weight excluding hydrogens is 1360 g/mol. The van der Waals surface area contributed by atoms with Crippen molar-refractivity contribution in [3.63, 3.8) is 0 Å². The summed E-state index contributed by atoms with van der Waals surface area (Å²) < 4.78 is 155. The maximum absolute atomic E-state index is 12.5. The minimum absolute atomic E-state index is 0.00185. The largest absolute Gasteiger partial charge is 0.472 e. The number of phosphoric acid groups is 6. The number of aromatic nitrogens is 4. The smallest absolute Gasteiger partial charge is 0.396 e. The standard InChI is InChI=1S/C18H32N2O14P2.C18H32N2O11P2.C12H28O9P2/c1-29-16-15(34-36(27,28)31-11-5-3-9-22)13(12-32-35(25,26)30-10-4-2-8-21)33-17(16)20-7-6-14(23)19-18(20)24;1-4-6-8-27-32(23,24)29-12-15-14(31-33(25,26)28-9-7-5-2)10-16(30-15)20-11-13(3)17(21)19-18(20)22;1-3-5-7-18-22(13,14)20-11-9-17-10-12-21-23(15,16)19-8-6-4-2/h6-7,13,15-17,21-22H,2-5,8-12H2,1H3,(H,25,26)(H,27,28)(H,19,23,24);11,14-16H,4-10,12H2,1-3H3,(H,23,24)(H,25,26)(H,19,21,22);3-12H2,1-2H3,(H,13,14)(H,15,16)/t13-,15?,16+,17-;14?,15-,16-;/m11./s1. The molecule has 13 atom stereocenters. The average molecular weight is 1460 g/mol. The molecule has 0 saturated carbocycles. The first-order valence-corrected chi connectivity index (χ1v) is 38.4. The van der Waals surface area contributed by atoms with Crippen molar-refractivity contribution < 1.29 is 140 Å². The van der Waals surface area contributed by atoms with Gasteiger partial charge in [0.05, 0.1) is 79.3 Å². The molecule has 2 aromatic rings. The number of aliphatic hydroxyl groups excluding tert-OH is 2. The zero-order valence-corrected chi connectivity index (χ0v) is 57.5. The van der Waals surface area contributed by atoms with Crippen LogP contribution in [-0.2, 0) is 101 Å². The van der Waals surface area contributed by atoms with E-state index in [-0.39, 0.29) is 97.7 Å². The topological polar surface area (TPSA) is 522 Å². The molecule has 4 heterocycles. The van der Waals surface area contributed by atoms with Crippen LogP contribution in [0.15, 0.2) is 37.6 Å². The molecule has 2 saturated heterocycles. The monoisotopic (exact) mass is 1450 g/mol. The van der Waals surface area contributed by atoms with E-state index in [0.29, 0.717) is 44.9 Å². The van der Waals surface area contributed by atoms with E-state index in [2.05, 4.69) is 14.0 Å². The summed E-state index contributed by atoms with van der Waals surface area (Å²) in [6, 6.07) is 1.04. The molecule has 4 rings (SSSR count). The Bertz CT molecular complexity index is 2920. The second-order valence-corrected chi connectivity index (χ2v) is 28.4. The van der Waals surface area contributed by atoms with Crippen LogP contribution in [-0.4, -0.2) is 189 Å². The van der Waals surface area contributed by atoms with Crippen LogP contribution in [0.3, 0.4) is 0 Å². The van der Waals surface area contributed by atoms with Gasteiger partial charge in [-0.1, -0.05) is 53.4 Å². The van der Waals surface area contributed by atoms with Crippen molar-refractivity contribution in [2.45, 2.75) is 161 Å². The number of nitrogens with zero attached hydrogens (tertiary/aromatic N) is 2. The SMILES string of the molecule is CCCCOP(=O)(O)OCCOCCOP(=O)(O)OCCCC.CCCCOP(=O)(O)OC[C@H]1O[C@@H](n2cc(C)c(=O)[nH]c2=O)CC1OP(=O)(O)OCCCC.CO[C@H]1C(OP(=O)(O)OCCCCO)[C@@H](COP(=O)(O)OCCCCO)O[C@H]1n1ccc(=O)[nH]c1=O. The Labute approximate surface area is 530 Å². The van der Waals surface area contributed by atoms with Gasteiger partial charge in [-0.15, -0.1) is 0 Å². The van der Waals surface area contributed by atoms with E-state index < -0.39 is 126 Å². The summed E-state index contributed by atoms with van der Waals surface area (Å²) in [7, 11) is -25.1. The summed E-state index contributed by atoms with van der Waals surface area (Å²) in [4.78, 5) is 110. The van der Waals surface area contributed by atoms with E-state index >= 15 is 0 Å². The normalized spacial score (nSPS) is 23.0.